The number of fused-ring (bicyclic) bond motifs is 1. The van der Waals surface area contributed by atoms with Crippen LogP contribution in [-0.4, -0.2) is 66.3 Å². The zero-order valence-electron chi connectivity index (χ0n) is 19.4. The lowest BCUT2D eigenvalue weighted by atomic mass is 9.83. The van der Waals surface area contributed by atoms with Crippen molar-refractivity contribution in [2.45, 2.75) is 51.4 Å². The van der Waals surface area contributed by atoms with Crippen LogP contribution in [-0.2, 0) is 37.1 Å². The van der Waals surface area contributed by atoms with Crippen molar-refractivity contribution in [2.75, 3.05) is 20.3 Å². The first-order valence-electron chi connectivity index (χ1n) is 10.5. The smallest absolute Gasteiger partial charge is 0.461 e. The van der Waals surface area contributed by atoms with Crippen LogP contribution in [0.4, 0.5) is 4.79 Å². The topological polar surface area (TPSA) is 173 Å². The monoisotopic (exact) mass is 515 g/mol. The Labute approximate surface area is 199 Å². The van der Waals surface area contributed by atoms with Gasteiger partial charge in [-0.25, -0.2) is 18.9 Å². The SMILES string of the molecule is C#C[C@]1(C)[C@@H]2O[P@](=O)(OC[C@H](NC(=O)OC)C(=O)OC(C)C)OC[C@H]2O[C@H]1n1ccc(=O)[nH]c1=O. The van der Waals surface area contributed by atoms with Crippen LogP contribution < -0.4 is 16.6 Å². The van der Waals surface area contributed by atoms with E-state index in [1.54, 1.807) is 20.8 Å². The Kier molecular flexibility index (Phi) is 7.88. The third-order valence-corrected chi connectivity index (χ3v) is 6.73. The minimum Gasteiger partial charge on any atom is -0.461 e. The van der Waals surface area contributed by atoms with Crippen molar-refractivity contribution in [1.82, 2.24) is 14.9 Å². The Morgan fingerprint density at radius 2 is 2.14 bits per heavy atom. The first kappa shape index (κ1) is 26.7. The van der Waals surface area contributed by atoms with Gasteiger partial charge >= 0.3 is 25.6 Å². The summed E-state index contributed by atoms with van der Waals surface area (Å²) < 4.78 is 46.0. The van der Waals surface area contributed by atoms with E-state index >= 15 is 0 Å². The number of phosphoric ester groups is 1. The Balaban J connectivity index is 1.79. The van der Waals surface area contributed by atoms with Gasteiger partial charge in [-0.05, 0) is 20.8 Å². The van der Waals surface area contributed by atoms with E-state index in [9.17, 15) is 23.7 Å². The predicted octanol–water partition coefficient (Wildman–Crippen LogP) is 0.290. The van der Waals surface area contributed by atoms with Gasteiger partial charge in [-0.2, -0.15) is 0 Å². The fraction of sp³-hybridized carbons (Fsp3) is 0.600. The lowest BCUT2D eigenvalue weighted by Gasteiger charge is -2.35. The summed E-state index contributed by atoms with van der Waals surface area (Å²) >= 11 is 0. The molecule has 0 spiro atoms. The molecule has 3 rings (SSSR count). The number of carbonyl (C=O) groups is 2. The van der Waals surface area contributed by atoms with Gasteiger partial charge in [0.15, 0.2) is 12.3 Å². The normalized spacial score (nSPS) is 30.7. The molecule has 2 aliphatic rings. The number of amides is 1. The molecule has 14 nitrogen and oxygen atoms in total. The second kappa shape index (κ2) is 10.3. The van der Waals surface area contributed by atoms with Crippen molar-refractivity contribution in [3.05, 3.63) is 33.1 Å². The van der Waals surface area contributed by atoms with Gasteiger partial charge in [-0.3, -0.25) is 27.9 Å². The van der Waals surface area contributed by atoms with Gasteiger partial charge in [0.05, 0.1) is 26.4 Å². The largest absolute Gasteiger partial charge is 0.475 e. The van der Waals surface area contributed by atoms with Gasteiger partial charge in [0.2, 0.25) is 0 Å². The van der Waals surface area contributed by atoms with E-state index in [4.69, 9.17) is 29.5 Å². The number of esters is 1. The molecule has 0 aliphatic carbocycles. The summed E-state index contributed by atoms with van der Waals surface area (Å²) in [5.41, 5.74) is -2.70. The van der Waals surface area contributed by atoms with Gasteiger partial charge in [-0.1, -0.05) is 5.92 Å². The van der Waals surface area contributed by atoms with E-state index in [0.717, 1.165) is 17.7 Å². The van der Waals surface area contributed by atoms with Crippen molar-refractivity contribution in [1.29, 1.82) is 0 Å². The van der Waals surface area contributed by atoms with Crippen LogP contribution in [0.15, 0.2) is 21.9 Å². The van der Waals surface area contributed by atoms with Crippen molar-refractivity contribution in [3.8, 4) is 12.3 Å². The first-order valence-corrected chi connectivity index (χ1v) is 12.0. The molecular weight excluding hydrogens is 489 g/mol. The molecular formula is C20H26N3O11P. The number of nitrogens with zero attached hydrogens (tertiary/aromatic N) is 1. The summed E-state index contributed by atoms with van der Waals surface area (Å²) in [7, 11) is -3.22. The summed E-state index contributed by atoms with van der Waals surface area (Å²) in [6, 6.07) is -0.258. The van der Waals surface area contributed by atoms with Crippen LogP contribution in [0, 0.1) is 17.8 Å². The zero-order chi connectivity index (χ0) is 26.0. The number of alkyl carbamates (subject to hydrolysis) is 1. The number of nitrogens with one attached hydrogen (secondary N) is 2. The molecule has 3 heterocycles. The fourth-order valence-corrected chi connectivity index (χ4v) is 5.07. The molecule has 6 atom stereocenters. The quantitative estimate of drug-likeness (QED) is 0.290. The summed E-state index contributed by atoms with van der Waals surface area (Å²) in [6.07, 6.45) is 2.57. The van der Waals surface area contributed by atoms with E-state index in [1.807, 2.05) is 0 Å². The second-order valence-corrected chi connectivity index (χ2v) is 9.83. The van der Waals surface area contributed by atoms with Crippen LogP contribution in [0.5, 0.6) is 0 Å². The minimum absolute atomic E-state index is 0.278. The first-order chi connectivity index (χ1) is 16.4. The van der Waals surface area contributed by atoms with Crippen molar-refractivity contribution >= 4 is 19.9 Å². The summed E-state index contributed by atoms with van der Waals surface area (Å²) in [6.45, 7) is 3.85. The van der Waals surface area contributed by atoms with Crippen LogP contribution in [0.3, 0.4) is 0 Å². The van der Waals surface area contributed by atoms with E-state index in [0.29, 0.717) is 0 Å². The maximum absolute atomic E-state index is 13.2. The molecule has 0 aromatic carbocycles. The highest BCUT2D eigenvalue weighted by Gasteiger charge is 2.60. The van der Waals surface area contributed by atoms with Crippen molar-refractivity contribution in [2.24, 2.45) is 5.41 Å². The minimum atomic E-state index is -4.31. The highest BCUT2D eigenvalue weighted by Crippen LogP contribution is 2.60. The fourth-order valence-electron chi connectivity index (χ4n) is 3.58. The van der Waals surface area contributed by atoms with E-state index in [1.165, 1.54) is 6.20 Å². The standard InChI is InChI=1S/C20H26N3O11P/c1-6-20(4)15-13(33-17(20)23-8-7-14(24)22-18(23)26)10-31-35(28,34-15)30-9-12(21-19(27)29-5)16(25)32-11(2)3/h1,7-8,11-13,15,17H,9-10H2,2-5H3,(H,21,27)(H,22,24,26)/t12-,13+,15+,17+,20+,35+/m0/s1. The number of methoxy groups -OCH3 is 1. The molecule has 0 saturated carbocycles. The maximum Gasteiger partial charge on any atom is 0.475 e. The van der Waals surface area contributed by atoms with Crippen LogP contribution in [0.25, 0.3) is 0 Å². The van der Waals surface area contributed by atoms with Gasteiger partial charge < -0.3 is 19.5 Å². The van der Waals surface area contributed by atoms with E-state index < -0.39 is 73.7 Å². The third-order valence-electron chi connectivity index (χ3n) is 5.31. The molecule has 192 valence electrons. The molecule has 0 bridgehead atoms. The number of carbonyl (C=O) groups excluding carboxylic acids is 2. The molecule has 2 N–H and O–H groups in total. The second-order valence-electron chi connectivity index (χ2n) is 8.21. The number of phosphoric acid groups is 1. The van der Waals surface area contributed by atoms with E-state index in [-0.39, 0.29) is 6.61 Å². The number of H-pyrrole nitrogens is 1. The highest BCUT2D eigenvalue weighted by molar-refractivity contribution is 7.48. The lowest BCUT2D eigenvalue weighted by molar-refractivity contribution is -0.150. The highest BCUT2D eigenvalue weighted by atomic mass is 31.2. The van der Waals surface area contributed by atoms with Gasteiger partial charge in [-0.15, -0.1) is 6.42 Å². The Hall–Kier alpha value is -2.95. The van der Waals surface area contributed by atoms with E-state index in [2.05, 4.69) is 21.0 Å². The Morgan fingerprint density at radius 1 is 1.43 bits per heavy atom. The average molecular weight is 515 g/mol. The molecule has 1 amide bonds. The number of aromatic amines is 1. The number of aromatic nitrogens is 2. The van der Waals surface area contributed by atoms with Crippen LogP contribution in [0.1, 0.15) is 27.0 Å². The average Bonchev–Trinajstić information content (AvgIpc) is 3.08. The molecule has 2 aliphatic heterocycles. The molecule has 0 radical (unpaired) electrons. The zero-order valence-corrected chi connectivity index (χ0v) is 20.3. The number of ether oxygens (including phenoxy) is 3. The number of rotatable bonds is 7. The predicted molar refractivity (Wildman–Crippen MR) is 117 cm³/mol. The summed E-state index contributed by atoms with van der Waals surface area (Å²) in [5.74, 6) is 1.67. The number of hydrogen-bond donors (Lipinski definition) is 2. The van der Waals surface area contributed by atoms with Gasteiger partial charge in [0.1, 0.15) is 17.6 Å². The molecule has 35 heavy (non-hydrogen) atoms. The lowest BCUT2D eigenvalue weighted by Crippen LogP contribution is -2.46. The van der Waals surface area contributed by atoms with Crippen LogP contribution in [0.2, 0.25) is 0 Å². The number of hydrogen-bond acceptors (Lipinski definition) is 11. The molecule has 15 heteroatoms. The molecule has 1 aromatic rings. The molecule has 0 unspecified atom stereocenters. The third kappa shape index (κ3) is 5.66. The van der Waals surface area contributed by atoms with Gasteiger partial charge in [0, 0.05) is 12.3 Å². The van der Waals surface area contributed by atoms with Gasteiger partial charge in [0.25, 0.3) is 5.56 Å². The summed E-state index contributed by atoms with van der Waals surface area (Å²) in [5, 5.41) is 2.22. The van der Waals surface area contributed by atoms with Crippen LogP contribution >= 0.6 is 7.82 Å². The van der Waals surface area contributed by atoms with Crippen molar-refractivity contribution in [3.63, 3.8) is 0 Å². The Bertz CT molecular complexity index is 1170. The summed E-state index contributed by atoms with van der Waals surface area (Å²) in [4.78, 5) is 49.8. The Morgan fingerprint density at radius 3 is 2.74 bits per heavy atom. The maximum atomic E-state index is 13.2. The molecule has 2 saturated heterocycles. The molecule has 2 fully saturated rings. The molecule has 1 aromatic heterocycles. The van der Waals surface area contributed by atoms with Crippen molar-refractivity contribution < 1.29 is 41.9 Å². The number of terminal acetylenes is 1.